The van der Waals surface area contributed by atoms with Crippen molar-refractivity contribution in [2.24, 2.45) is 0 Å². The van der Waals surface area contributed by atoms with Gasteiger partial charge >= 0.3 is 6.03 Å². The number of quaternary nitrogens is 1. The van der Waals surface area contributed by atoms with Crippen molar-refractivity contribution < 1.29 is 14.5 Å². The molecule has 1 aliphatic carbocycles. The lowest BCUT2D eigenvalue weighted by atomic mass is 9.87. The number of carbonyl (C=O) groups excluding carboxylic acids is 2. The minimum absolute atomic E-state index is 0.223. The SMILES string of the molecule is CCCCNC(=O)NC(=O)C[NH+](C)[C@H]1CCCc2ccccc21. The second-order valence-corrected chi connectivity index (χ2v) is 6.32. The number of imide groups is 1. The van der Waals surface area contributed by atoms with Gasteiger partial charge in [-0.15, -0.1) is 0 Å². The van der Waals surface area contributed by atoms with Crippen LogP contribution in [-0.2, 0) is 11.2 Å². The van der Waals surface area contributed by atoms with Crippen molar-refractivity contribution in [2.75, 3.05) is 20.1 Å². The molecule has 1 aromatic carbocycles. The Bertz CT molecular complexity index is 545. The Morgan fingerprint density at radius 3 is 2.87 bits per heavy atom. The largest absolute Gasteiger partial charge is 0.338 e. The molecular formula is C18H28N3O2+. The molecule has 126 valence electrons. The fraction of sp³-hybridized carbons (Fsp3) is 0.556. The first-order valence-corrected chi connectivity index (χ1v) is 8.59. The molecule has 1 unspecified atom stereocenters. The van der Waals surface area contributed by atoms with Gasteiger partial charge in [-0.05, 0) is 24.8 Å². The first-order valence-electron chi connectivity index (χ1n) is 8.59. The standard InChI is InChI=1S/C18H27N3O2/c1-3-4-12-19-18(23)20-17(22)13-21(2)16-11-7-9-14-8-5-6-10-15(14)16/h5-6,8,10,16H,3-4,7,9,11-13H2,1-2H3,(H2,19,20,22,23)/p+1/t16-/m0/s1. The molecule has 0 aliphatic heterocycles. The van der Waals surface area contributed by atoms with E-state index in [1.807, 2.05) is 7.05 Å². The van der Waals surface area contributed by atoms with E-state index in [-0.39, 0.29) is 11.9 Å². The van der Waals surface area contributed by atoms with Crippen LogP contribution in [0.2, 0.25) is 0 Å². The second-order valence-electron chi connectivity index (χ2n) is 6.32. The Kier molecular flexibility index (Phi) is 6.59. The van der Waals surface area contributed by atoms with E-state index in [0.717, 1.165) is 37.0 Å². The third-order valence-electron chi connectivity index (χ3n) is 4.47. The lowest BCUT2D eigenvalue weighted by molar-refractivity contribution is -0.905. The van der Waals surface area contributed by atoms with Crippen LogP contribution in [0.4, 0.5) is 4.79 Å². The van der Waals surface area contributed by atoms with Gasteiger partial charge in [0.2, 0.25) is 0 Å². The zero-order valence-electron chi connectivity index (χ0n) is 14.2. The van der Waals surface area contributed by atoms with E-state index in [2.05, 4.69) is 41.8 Å². The first kappa shape index (κ1) is 17.5. The summed E-state index contributed by atoms with van der Waals surface area (Å²) >= 11 is 0. The van der Waals surface area contributed by atoms with Crippen LogP contribution in [0, 0.1) is 0 Å². The van der Waals surface area contributed by atoms with E-state index in [9.17, 15) is 9.59 Å². The highest BCUT2D eigenvalue weighted by Gasteiger charge is 2.28. The summed E-state index contributed by atoms with van der Waals surface area (Å²) < 4.78 is 0. The molecule has 0 saturated heterocycles. The number of aryl methyl sites for hydroxylation is 1. The Morgan fingerprint density at radius 2 is 2.09 bits per heavy atom. The molecule has 2 atom stereocenters. The van der Waals surface area contributed by atoms with Crippen molar-refractivity contribution in [3.8, 4) is 0 Å². The zero-order chi connectivity index (χ0) is 16.7. The van der Waals surface area contributed by atoms with Gasteiger partial charge in [-0.2, -0.15) is 0 Å². The number of unbranched alkanes of at least 4 members (excludes halogenated alkanes) is 1. The number of benzene rings is 1. The molecule has 0 aromatic heterocycles. The maximum Gasteiger partial charge on any atom is 0.321 e. The second kappa shape index (κ2) is 8.67. The molecule has 0 heterocycles. The summed E-state index contributed by atoms with van der Waals surface area (Å²) in [6, 6.07) is 8.41. The summed E-state index contributed by atoms with van der Waals surface area (Å²) in [5.74, 6) is -0.223. The summed E-state index contributed by atoms with van der Waals surface area (Å²) in [4.78, 5) is 24.8. The minimum Gasteiger partial charge on any atom is -0.338 e. The van der Waals surface area contributed by atoms with E-state index in [0.29, 0.717) is 19.1 Å². The Morgan fingerprint density at radius 1 is 1.30 bits per heavy atom. The van der Waals surface area contributed by atoms with E-state index in [4.69, 9.17) is 0 Å². The molecule has 0 bridgehead atoms. The van der Waals surface area contributed by atoms with Gasteiger partial charge in [0.05, 0.1) is 7.05 Å². The van der Waals surface area contributed by atoms with Crippen LogP contribution in [0.15, 0.2) is 24.3 Å². The zero-order valence-corrected chi connectivity index (χ0v) is 14.2. The van der Waals surface area contributed by atoms with Gasteiger partial charge in [-0.1, -0.05) is 37.6 Å². The number of likely N-dealkylation sites (N-methyl/N-ethyl adjacent to an activating group) is 1. The minimum atomic E-state index is -0.389. The van der Waals surface area contributed by atoms with Crippen LogP contribution in [-0.4, -0.2) is 32.1 Å². The molecular weight excluding hydrogens is 290 g/mol. The topological polar surface area (TPSA) is 62.6 Å². The summed E-state index contributed by atoms with van der Waals surface area (Å²) in [5.41, 5.74) is 2.73. The van der Waals surface area contributed by atoms with Crippen LogP contribution in [0.25, 0.3) is 0 Å². The van der Waals surface area contributed by atoms with Crippen molar-refractivity contribution in [3.63, 3.8) is 0 Å². The van der Waals surface area contributed by atoms with Gasteiger partial charge in [0, 0.05) is 18.5 Å². The maximum atomic E-state index is 12.1. The van der Waals surface area contributed by atoms with Crippen molar-refractivity contribution in [1.29, 1.82) is 0 Å². The van der Waals surface area contributed by atoms with Crippen LogP contribution in [0.5, 0.6) is 0 Å². The molecule has 3 amide bonds. The van der Waals surface area contributed by atoms with Crippen molar-refractivity contribution in [1.82, 2.24) is 10.6 Å². The third-order valence-corrected chi connectivity index (χ3v) is 4.47. The van der Waals surface area contributed by atoms with E-state index in [1.165, 1.54) is 11.1 Å². The van der Waals surface area contributed by atoms with Crippen molar-refractivity contribution in [3.05, 3.63) is 35.4 Å². The first-order chi connectivity index (χ1) is 11.1. The number of hydrogen-bond donors (Lipinski definition) is 3. The summed E-state index contributed by atoms with van der Waals surface area (Å²) in [5, 5.41) is 5.13. The highest BCUT2D eigenvalue weighted by Crippen LogP contribution is 2.27. The average Bonchev–Trinajstić information content (AvgIpc) is 2.54. The predicted octanol–water partition coefficient (Wildman–Crippen LogP) is 1.20. The van der Waals surface area contributed by atoms with Gasteiger partial charge in [-0.3, -0.25) is 10.1 Å². The number of fused-ring (bicyclic) bond motifs is 1. The van der Waals surface area contributed by atoms with Crippen LogP contribution in [0.3, 0.4) is 0 Å². The van der Waals surface area contributed by atoms with Gasteiger partial charge in [-0.25, -0.2) is 4.79 Å². The Balaban J connectivity index is 1.86. The number of amides is 3. The third kappa shape index (κ3) is 5.06. The van der Waals surface area contributed by atoms with Crippen molar-refractivity contribution in [2.45, 2.75) is 45.1 Å². The van der Waals surface area contributed by atoms with Gasteiger partial charge in [0.25, 0.3) is 5.91 Å². The molecule has 2 rings (SSSR count). The Hall–Kier alpha value is -1.88. The fourth-order valence-electron chi connectivity index (χ4n) is 3.24. The molecule has 0 saturated carbocycles. The smallest absolute Gasteiger partial charge is 0.321 e. The molecule has 5 heteroatoms. The van der Waals surface area contributed by atoms with E-state index >= 15 is 0 Å². The Labute approximate surface area is 138 Å². The maximum absolute atomic E-state index is 12.1. The normalized spacial score (nSPS) is 17.9. The molecule has 23 heavy (non-hydrogen) atoms. The quantitative estimate of drug-likeness (QED) is 0.690. The van der Waals surface area contributed by atoms with E-state index in [1.54, 1.807) is 0 Å². The number of rotatable bonds is 6. The molecule has 1 aliphatic rings. The number of nitrogens with one attached hydrogen (secondary N) is 3. The average molecular weight is 318 g/mol. The summed E-state index contributed by atoms with van der Waals surface area (Å²) in [7, 11) is 2.03. The van der Waals surface area contributed by atoms with Crippen LogP contribution < -0.4 is 15.5 Å². The monoisotopic (exact) mass is 318 g/mol. The highest BCUT2D eigenvalue weighted by molar-refractivity contribution is 5.94. The van der Waals surface area contributed by atoms with Gasteiger partial charge in [0.1, 0.15) is 6.04 Å². The van der Waals surface area contributed by atoms with Crippen LogP contribution in [0.1, 0.15) is 49.8 Å². The lowest BCUT2D eigenvalue weighted by Gasteiger charge is -2.30. The van der Waals surface area contributed by atoms with E-state index < -0.39 is 0 Å². The fourth-order valence-corrected chi connectivity index (χ4v) is 3.24. The molecule has 5 nitrogen and oxygen atoms in total. The highest BCUT2D eigenvalue weighted by atomic mass is 16.2. The lowest BCUT2D eigenvalue weighted by Crippen LogP contribution is -3.10. The predicted molar refractivity (Wildman–Crippen MR) is 90.3 cm³/mol. The number of carbonyl (C=O) groups is 2. The molecule has 0 spiro atoms. The van der Waals surface area contributed by atoms with Crippen molar-refractivity contribution >= 4 is 11.9 Å². The molecule has 0 radical (unpaired) electrons. The number of hydrogen-bond acceptors (Lipinski definition) is 2. The molecule has 1 aromatic rings. The van der Waals surface area contributed by atoms with Crippen LogP contribution >= 0.6 is 0 Å². The van der Waals surface area contributed by atoms with Gasteiger partial charge in [0.15, 0.2) is 6.54 Å². The summed E-state index contributed by atoms with van der Waals surface area (Å²) in [6.45, 7) is 2.97. The summed E-state index contributed by atoms with van der Waals surface area (Å²) in [6.07, 6.45) is 5.29. The molecule has 0 fully saturated rings. The van der Waals surface area contributed by atoms with Gasteiger partial charge < -0.3 is 10.2 Å². The molecule has 3 N–H and O–H groups in total. The number of urea groups is 1.